The Morgan fingerprint density at radius 2 is 2.17 bits per heavy atom. The van der Waals surface area contributed by atoms with Crippen molar-refractivity contribution in [3.05, 3.63) is 30.6 Å². The Labute approximate surface area is 140 Å². The normalized spacial score (nSPS) is 15.9. The fraction of sp³-hybridized carbons (Fsp3) is 0.600. The van der Waals surface area contributed by atoms with Gasteiger partial charge in [-0.2, -0.15) is 0 Å². The highest BCUT2D eigenvalue weighted by molar-refractivity contribution is 7.98. The Morgan fingerprint density at radius 3 is 2.91 bits per heavy atom. The number of aromatic nitrogens is 6. The van der Waals surface area contributed by atoms with Crippen molar-refractivity contribution < 1.29 is 0 Å². The molecule has 1 aliphatic heterocycles. The quantitative estimate of drug-likeness (QED) is 0.616. The molecule has 0 unspecified atom stereocenters. The average Bonchev–Trinajstić information content (AvgIpc) is 3.20. The molecule has 0 radical (unpaired) electrons. The zero-order chi connectivity index (χ0) is 16.1. The number of aryl methyl sites for hydroxylation is 1. The Kier molecular flexibility index (Phi) is 5.45. The number of nitrogens with one attached hydrogen (secondary N) is 1. The first kappa shape index (κ1) is 16.2. The highest BCUT2D eigenvalue weighted by Crippen LogP contribution is 2.28. The van der Waals surface area contributed by atoms with Crippen LogP contribution in [0, 0.1) is 0 Å². The summed E-state index contributed by atoms with van der Waals surface area (Å²) in [6.45, 7) is 9.69. The molecule has 2 aromatic rings. The van der Waals surface area contributed by atoms with Crippen LogP contribution in [0.1, 0.15) is 37.3 Å². The van der Waals surface area contributed by atoms with Gasteiger partial charge in [-0.15, -0.1) is 27.0 Å². The van der Waals surface area contributed by atoms with E-state index in [9.17, 15) is 0 Å². The second kappa shape index (κ2) is 7.74. The fourth-order valence-corrected chi connectivity index (χ4v) is 3.78. The number of allylic oxidation sites excluding steroid dienone is 1. The highest BCUT2D eigenvalue weighted by atomic mass is 32.2. The SMILES string of the molecule is C=CCn1c(SCc2nncn2CC)nnc1C1CCNCC1. The van der Waals surface area contributed by atoms with E-state index in [0.717, 1.165) is 61.6 Å². The molecule has 0 bridgehead atoms. The number of hydrogen-bond donors (Lipinski definition) is 1. The van der Waals surface area contributed by atoms with Gasteiger partial charge in [-0.1, -0.05) is 17.8 Å². The molecular weight excluding hydrogens is 310 g/mol. The van der Waals surface area contributed by atoms with Gasteiger partial charge in [-0.3, -0.25) is 0 Å². The summed E-state index contributed by atoms with van der Waals surface area (Å²) in [7, 11) is 0. The van der Waals surface area contributed by atoms with Crippen LogP contribution in [0.5, 0.6) is 0 Å². The van der Waals surface area contributed by atoms with Gasteiger partial charge in [0, 0.05) is 19.0 Å². The van der Waals surface area contributed by atoms with Gasteiger partial charge in [0.05, 0.1) is 5.75 Å². The van der Waals surface area contributed by atoms with Crippen molar-refractivity contribution in [3.63, 3.8) is 0 Å². The Hall–Kier alpha value is -1.67. The van der Waals surface area contributed by atoms with Crippen LogP contribution in [-0.4, -0.2) is 42.6 Å². The van der Waals surface area contributed by atoms with Crippen molar-refractivity contribution in [2.24, 2.45) is 0 Å². The summed E-state index contributed by atoms with van der Waals surface area (Å²) in [5.74, 6) is 3.28. The van der Waals surface area contributed by atoms with Gasteiger partial charge in [0.25, 0.3) is 0 Å². The van der Waals surface area contributed by atoms with Crippen LogP contribution in [0.15, 0.2) is 24.1 Å². The Morgan fingerprint density at radius 1 is 1.35 bits per heavy atom. The minimum Gasteiger partial charge on any atom is -0.317 e. The van der Waals surface area contributed by atoms with Gasteiger partial charge in [0.2, 0.25) is 0 Å². The van der Waals surface area contributed by atoms with Crippen molar-refractivity contribution in [3.8, 4) is 0 Å². The molecule has 1 saturated heterocycles. The molecule has 124 valence electrons. The number of piperidine rings is 1. The maximum atomic E-state index is 4.47. The third-order valence-corrected chi connectivity index (χ3v) is 5.09. The third kappa shape index (κ3) is 3.64. The average molecular weight is 333 g/mol. The van der Waals surface area contributed by atoms with E-state index in [1.807, 2.05) is 6.08 Å². The number of rotatable bonds is 7. The molecule has 0 saturated carbocycles. The summed E-state index contributed by atoms with van der Waals surface area (Å²) >= 11 is 1.66. The lowest BCUT2D eigenvalue weighted by molar-refractivity contribution is 0.431. The molecule has 1 fully saturated rings. The molecule has 23 heavy (non-hydrogen) atoms. The first-order chi connectivity index (χ1) is 11.3. The summed E-state index contributed by atoms with van der Waals surface area (Å²) in [5, 5.41) is 21.4. The van der Waals surface area contributed by atoms with Gasteiger partial charge < -0.3 is 14.5 Å². The summed E-state index contributed by atoms with van der Waals surface area (Å²) in [5.41, 5.74) is 0. The van der Waals surface area contributed by atoms with Crippen molar-refractivity contribution in [2.45, 2.75) is 49.7 Å². The summed E-state index contributed by atoms with van der Waals surface area (Å²) in [6.07, 6.45) is 5.91. The molecule has 3 heterocycles. The van der Waals surface area contributed by atoms with E-state index in [1.54, 1.807) is 18.1 Å². The van der Waals surface area contributed by atoms with E-state index in [0.29, 0.717) is 5.92 Å². The van der Waals surface area contributed by atoms with Crippen molar-refractivity contribution in [1.82, 2.24) is 34.8 Å². The topological polar surface area (TPSA) is 73.5 Å². The highest BCUT2D eigenvalue weighted by Gasteiger charge is 2.23. The molecule has 2 aromatic heterocycles. The number of hydrogen-bond acceptors (Lipinski definition) is 6. The predicted octanol–water partition coefficient (Wildman–Crippen LogP) is 1.83. The Balaban J connectivity index is 1.76. The van der Waals surface area contributed by atoms with E-state index in [4.69, 9.17) is 0 Å². The Bertz CT molecular complexity index is 642. The van der Waals surface area contributed by atoms with Crippen LogP contribution in [0.3, 0.4) is 0 Å². The predicted molar refractivity (Wildman–Crippen MR) is 90.3 cm³/mol. The lowest BCUT2D eigenvalue weighted by Crippen LogP contribution is -2.28. The lowest BCUT2D eigenvalue weighted by Gasteiger charge is -2.22. The van der Waals surface area contributed by atoms with E-state index < -0.39 is 0 Å². The molecule has 0 amide bonds. The van der Waals surface area contributed by atoms with E-state index in [1.165, 1.54) is 0 Å². The summed E-state index contributed by atoms with van der Waals surface area (Å²) in [4.78, 5) is 0. The fourth-order valence-electron chi connectivity index (χ4n) is 2.87. The van der Waals surface area contributed by atoms with Crippen LogP contribution in [0.2, 0.25) is 0 Å². The monoisotopic (exact) mass is 333 g/mol. The van der Waals surface area contributed by atoms with Gasteiger partial charge in [0.1, 0.15) is 18.0 Å². The van der Waals surface area contributed by atoms with Gasteiger partial charge in [0.15, 0.2) is 5.16 Å². The van der Waals surface area contributed by atoms with Crippen LogP contribution in [0.4, 0.5) is 0 Å². The minimum absolute atomic E-state index is 0.484. The zero-order valence-corrected chi connectivity index (χ0v) is 14.3. The van der Waals surface area contributed by atoms with Crippen LogP contribution < -0.4 is 5.32 Å². The zero-order valence-electron chi connectivity index (χ0n) is 13.5. The first-order valence-corrected chi connectivity index (χ1v) is 9.06. The molecular formula is C15H23N7S. The second-order valence-corrected chi connectivity index (χ2v) is 6.53. The van der Waals surface area contributed by atoms with Crippen molar-refractivity contribution >= 4 is 11.8 Å². The summed E-state index contributed by atoms with van der Waals surface area (Å²) in [6, 6.07) is 0. The minimum atomic E-state index is 0.484. The molecule has 0 aliphatic carbocycles. The largest absolute Gasteiger partial charge is 0.317 e. The lowest BCUT2D eigenvalue weighted by atomic mass is 9.97. The molecule has 0 spiro atoms. The molecule has 1 N–H and O–H groups in total. The van der Waals surface area contributed by atoms with Crippen LogP contribution >= 0.6 is 11.8 Å². The molecule has 0 aromatic carbocycles. The molecule has 1 aliphatic rings. The van der Waals surface area contributed by atoms with E-state index >= 15 is 0 Å². The molecule has 7 nitrogen and oxygen atoms in total. The van der Waals surface area contributed by atoms with Gasteiger partial charge in [-0.05, 0) is 32.9 Å². The van der Waals surface area contributed by atoms with Crippen molar-refractivity contribution in [2.75, 3.05) is 13.1 Å². The maximum absolute atomic E-state index is 4.47. The van der Waals surface area contributed by atoms with Crippen LogP contribution in [0.25, 0.3) is 0 Å². The summed E-state index contributed by atoms with van der Waals surface area (Å²) < 4.78 is 4.25. The number of thioether (sulfide) groups is 1. The molecule has 0 atom stereocenters. The first-order valence-electron chi connectivity index (χ1n) is 8.07. The third-order valence-electron chi connectivity index (χ3n) is 4.13. The standard InChI is InChI=1S/C15H23N7S/c1-3-9-22-14(12-5-7-16-8-6-12)19-20-15(22)23-10-13-18-17-11-21(13)4-2/h3,11-12,16H,1,4-10H2,2H3. The van der Waals surface area contributed by atoms with Crippen LogP contribution in [-0.2, 0) is 18.8 Å². The molecule has 3 rings (SSSR count). The molecule has 8 heteroatoms. The maximum Gasteiger partial charge on any atom is 0.191 e. The smallest absolute Gasteiger partial charge is 0.191 e. The van der Waals surface area contributed by atoms with Gasteiger partial charge in [-0.25, -0.2) is 0 Å². The second-order valence-electron chi connectivity index (χ2n) is 5.59. The van der Waals surface area contributed by atoms with Crippen molar-refractivity contribution in [1.29, 1.82) is 0 Å². The van der Waals surface area contributed by atoms with E-state index in [2.05, 4.69) is 48.3 Å². The van der Waals surface area contributed by atoms with Gasteiger partial charge >= 0.3 is 0 Å². The number of nitrogens with zero attached hydrogens (tertiary/aromatic N) is 6. The van der Waals surface area contributed by atoms with E-state index in [-0.39, 0.29) is 0 Å².